The van der Waals surface area contributed by atoms with Gasteiger partial charge in [0, 0.05) is 43.1 Å². The van der Waals surface area contributed by atoms with E-state index in [1.807, 2.05) is 0 Å². The Morgan fingerprint density at radius 1 is 1.32 bits per heavy atom. The molecule has 1 unspecified atom stereocenters. The molecule has 0 aliphatic carbocycles. The van der Waals surface area contributed by atoms with Gasteiger partial charge in [-0.15, -0.1) is 11.3 Å². The fourth-order valence-electron chi connectivity index (χ4n) is 3.67. The molecule has 0 amide bonds. The quantitative estimate of drug-likeness (QED) is 0.852. The fraction of sp³-hybridized carbons (Fsp3) is 0.556. The zero-order valence-corrected chi connectivity index (χ0v) is 15.2. The van der Waals surface area contributed by atoms with Gasteiger partial charge in [-0.3, -0.25) is 0 Å². The van der Waals surface area contributed by atoms with Crippen LogP contribution in [0, 0.1) is 5.92 Å². The van der Waals surface area contributed by atoms with Crippen molar-refractivity contribution in [3.05, 3.63) is 33.6 Å². The van der Waals surface area contributed by atoms with E-state index in [0.717, 1.165) is 63.7 Å². The fourth-order valence-corrected chi connectivity index (χ4v) is 4.31. The Bertz CT molecular complexity index is 700. The van der Waals surface area contributed by atoms with Gasteiger partial charge in [0.15, 0.2) is 0 Å². The Morgan fingerprint density at radius 3 is 3.04 bits per heavy atom. The molecule has 25 heavy (non-hydrogen) atoms. The molecule has 1 fully saturated rings. The summed E-state index contributed by atoms with van der Waals surface area (Å²) in [6.07, 6.45) is 3.09. The van der Waals surface area contributed by atoms with Gasteiger partial charge in [0.25, 0.3) is 0 Å². The molecule has 6 nitrogen and oxygen atoms in total. The molecule has 0 aromatic carbocycles. The van der Waals surface area contributed by atoms with Crippen LogP contribution in [-0.2, 0) is 24.1 Å². The van der Waals surface area contributed by atoms with Crippen LogP contribution >= 0.6 is 11.3 Å². The molecule has 2 aliphatic rings. The molecule has 134 valence electrons. The van der Waals surface area contributed by atoms with E-state index in [-0.39, 0.29) is 0 Å². The predicted octanol–water partition coefficient (Wildman–Crippen LogP) is 2.17. The minimum absolute atomic E-state index is 0.366. The minimum atomic E-state index is 0.366. The number of hydrogen-bond donors (Lipinski definition) is 2. The van der Waals surface area contributed by atoms with Crippen LogP contribution in [0.25, 0.3) is 0 Å². The van der Waals surface area contributed by atoms with Crippen LogP contribution in [0.1, 0.15) is 22.6 Å². The number of aromatic nitrogens is 2. The highest BCUT2D eigenvalue weighted by Gasteiger charge is 2.23. The Hall–Kier alpha value is -1.70. The molecule has 0 bridgehead atoms. The molecule has 0 saturated carbocycles. The molecule has 2 aromatic heterocycles. The lowest BCUT2D eigenvalue weighted by atomic mass is 10.1. The Labute approximate surface area is 152 Å². The van der Waals surface area contributed by atoms with Gasteiger partial charge >= 0.3 is 0 Å². The zero-order chi connectivity index (χ0) is 17.1. The van der Waals surface area contributed by atoms with Gasteiger partial charge < -0.3 is 20.7 Å². The predicted molar refractivity (Wildman–Crippen MR) is 101 cm³/mol. The third kappa shape index (κ3) is 4.11. The summed E-state index contributed by atoms with van der Waals surface area (Å²) < 4.78 is 5.52. The van der Waals surface area contributed by atoms with Gasteiger partial charge in [-0.1, -0.05) is 6.07 Å². The maximum Gasteiger partial charge on any atom is 0.222 e. The summed E-state index contributed by atoms with van der Waals surface area (Å²) in [6.45, 7) is 5.80. The molecule has 1 atom stereocenters. The van der Waals surface area contributed by atoms with Crippen molar-refractivity contribution >= 4 is 23.1 Å². The Morgan fingerprint density at radius 2 is 2.24 bits per heavy atom. The minimum Gasteiger partial charge on any atom is -0.381 e. The highest BCUT2D eigenvalue weighted by Crippen LogP contribution is 2.24. The van der Waals surface area contributed by atoms with E-state index in [1.54, 1.807) is 11.3 Å². The number of nitrogens with two attached hydrogens (primary N) is 1. The number of thiophene rings is 1. The van der Waals surface area contributed by atoms with E-state index in [1.165, 1.54) is 16.9 Å². The van der Waals surface area contributed by atoms with Crippen molar-refractivity contribution in [3.8, 4) is 0 Å². The molecular weight excluding hydrogens is 334 g/mol. The SMILES string of the molecule is Nc1nc2c(c(NCc3cccs3)n1)CCN(CC1CCOC1)CC2. The average Bonchev–Trinajstić information content (AvgIpc) is 3.26. The summed E-state index contributed by atoms with van der Waals surface area (Å²) in [5.74, 6) is 1.95. The molecule has 4 rings (SSSR count). The number of ether oxygens (including phenoxy) is 1. The second kappa shape index (κ2) is 7.68. The first-order valence-corrected chi connectivity index (χ1v) is 9.87. The molecular formula is C18H25N5OS. The van der Waals surface area contributed by atoms with E-state index >= 15 is 0 Å². The van der Waals surface area contributed by atoms with Gasteiger partial charge in [-0.25, -0.2) is 4.98 Å². The van der Waals surface area contributed by atoms with Crippen molar-refractivity contribution in [2.45, 2.75) is 25.8 Å². The third-order valence-electron chi connectivity index (χ3n) is 5.00. The normalized spacial score (nSPS) is 21.0. The Kier molecular flexibility index (Phi) is 5.14. The second-order valence-electron chi connectivity index (χ2n) is 6.82. The van der Waals surface area contributed by atoms with Crippen molar-refractivity contribution in [2.24, 2.45) is 5.92 Å². The highest BCUT2D eigenvalue weighted by atomic mass is 32.1. The molecule has 1 saturated heterocycles. The van der Waals surface area contributed by atoms with Crippen molar-refractivity contribution in [3.63, 3.8) is 0 Å². The van der Waals surface area contributed by atoms with Gasteiger partial charge in [0.05, 0.1) is 18.8 Å². The number of rotatable bonds is 5. The summed E-state index contributed by atoms with van der Waals surface area (Å²) in [7, 11) is 0. The first kappa shape index (κ1) is 16.8. The van der Waals surface area contributed by atoms with Crippen molar-refractivity contribution in [1.82, 2.24) is 14.9 Å². The summed E-state index contributed by atoms with van der Waals surface area (Å²) in [6, 6.07) is 4.20. The van der Waals surface area contributed by atoms with Crippen LogP contribution < -0.4 is 11.1 Å². The summed E-state index contributed by atoms with van der Waals surface area (Å²) >= 11 is 1.75. The molecule has 3 N–H and O–H groups in total. The second-order valence-corrected chi connectivity index (χ2v) is 7.85. The number of nitrogen functional groups attached to an aromatic ring is 1. The molecule has 4 heterocycles. The topological polar surface area (TPSA) is 76.3 Å². The van der Waals surface area contributed by atoms with Crippen LogP contribution in [0.2, 0.25) is 0 Å². The smallest absolute Gasteiger partial charge is 0.222 e. The lowest BCUT2D eigenvalue weighted by molar-refractivity contribution is 0.168. The number of hydrogen-bond acceptors (Lipinski definition) is 7. The molecule has 7 heteroatoms. The lowest BCUT2D eigenvalue weighted by Crippen LogP contribution is -2.32. The number of anilines is 2. The Balaban J connectivity index is 1.46. The molecule has 2 aliphatic heterocycles. The van der Waals surface area contributed by atoms with Crippen LogP contribution in [-0.4, -0.2) is 47.7 Å². The van der Waals surface area contributed by atoms with Crippen molar-refractivity contribution in [1.29, 1.82) is 0 Å². The van der Waals surface area contributed by atoms with E-state index in [4.69, 9.17) is 10.5 Å². The monoisotopic (exact) mass is 359 g/mol. The van der Waals surface area contributed by atoms with Crippen LogP contribution in [0.3, 0.4) is 0 Å². The first-order chi connectivity index (χ1) is 12.3. The number of nitrogens with zero attached hydrogens (tertiary/aromatic N) is 3. The van der Waals surface area contributed by atoms with Crippen LogP contribution in [0.15, 0.2) is 17.5 Å². The summed E-state index contributed by atoms with van der Waals surface area (Å²) in [5, 5.41) is 5.57. The number of nitrogens with one attached hydrogen (secondary N) is 1. The molecule has 2 aromatic rings. The van der Waals surface area contributed by atoms with E-state index in [2.05, 4.69) is 37.7 Å². The van der Waals surface area contributed by atoms with Gasteiger partial charge in [-0.05, 0) is 30.2 Å². The third-order valence-corrected chi connectivity index (χ3v) is 5.88. The summed E-state index contributed by atoms with van der Waals surface area (Å²) in [4.78, 5) is 12.8. The van der Waals surface area contributed by atoms with Gasteiger partial charge in [-0.2, -0.15) is 4.98 Å². The maximum atomic E-state index is 5.96. The molecule has 0 spiro atoms. The standard InChI is InChI=1S/C18H25N5OS/c19-18-21-16-4-7-23(11-13-5-8-24-12-13)6-3-15(16)17(22-18)20-10-14-2-1-9-25-14/h1-2,9,13H,3-8,10-12H2,(H3,19,20,21,22). The van der Waals surface area contributed by atoms with E-state index < -0.39 is 0 Å². The highest BCUT2D eigenvalue weighted by molar-refractivity contribution is 7.09. The van der Waals surface area contributed by atoms with Crippen molar-refractivity contribution < 1.29 is 4.74 Å². The molecule has 0 radical (unpaired) electrons. The van der Waals surface area contributed by atoms with Gasteiger partial charge in [0.1, 0.15) is 5.82 Å². The van der Waals surface area contributed by atoms with E-state index in [9.17, 15) is 0 Å². The maximum absolute atomic E-state index is 5.96. The number of fused-ring (bicyclic) bond motifs is 1. The summed E-state index contributed by atoms with van der Waals surface area (Å²) in [5.41, 5.74) is 8.30. The van der Waals surface area contributed by atoms with Gasteiger partial charge in [0.2, 0.25) is 5.95 Å². The van der Waals surface area contributed by atoms with Crippen molar-refractivity contribution in [2.75, 3.05) is 43.9 Å². The van der Waals surface area contributed by atoms with Crippen LogP contribution in [0.4, 0.5) is 11.8 Å². The van der Waals surface area contributed by atoms with E-state index in [0.29, 0.717) is 11.9 Å². The average molecular weight is 359 g/mol. The largest absolute Gasteiger partial charge is 0.381 e. The van der Waals surface area contributed by atoms with Crippen LogP contribution in [0.5, 0.6) is 0 Å². The first-order valence-electron chi connectivity index (χ1n) is 8.99. The lowest BCUT2D eigenvalue weighted by Gasteiger charge is -2.22. The zero-order valence-electron chi connectivity index (χ0n) is 14.4.